The van der Waals surface area contributed by atoms with E-state index in [0.29, 0.717) is 0 Å². The zero-order chi connectivity index (χ0) is 41.0. The molecule has 62 heavy (non-hydrogen) atoms. The molecule has 10 aromatic carbocycles. The Balaban J connectivity index is 1.29. The molecule has 12 rings (SSSR count). The summed E-state index contributed by atoms with van der Waals surface area (Å²) in [5, 5.41) is 4.64. The van der Waals surface area contributed by atoms with Gasteiger partial charge in [-0.15, -0.1) is 0 Å². The molecule has 0 aliphatic carbocycles. The van der Waals surface area contributed by atoms with Gasteiger partial charge in [0.05, 0.1) is 11.0 Å². The maximum absolute atomic E-state index is 6.66. The molecule has 0 atom stereocenters. The Bertz CT molecular complexity index is 3570. The van der Waals surface area contributed by atoms with E-state index in [9.17, 15) is 0 Å². The zero-order valence-corrected chi connectivity index (χ0v) is 33.9. The number of hydrogen-bond donors (Lipinski definition) is 0. The largest absolute Gasteiger partial charge is 0.455 e. The molecule has 0 amide bonds. The first-order chi connectivity index (χ1) is 30.8. The quantitative estimate of drug-likeness (QED) is 0.157. The topological polar surface area (TPSA) is 18.1 Å². The van der Waals surface area contributed by atoms with E-state index in [0.717, 1.165) is 60.9 Å². The Labute approximate surface area is 360 Å². The highest BCUT2D eigenvalue weighted by molar-refractivity contribution is 6.27. The fourth-order valence-electron chi connectivity index (χ4n) is 9.68. The molecule has 0 saturated carbocycles. The lowest BCUT2D eigenvalue weighted by Gasteiger charge is -2.24. The van der Waals surface area contributed by atoms with E-state index in [1.807, 2.05) is 6.07 Å². The van der Waals surface area contributed by atoms with Crippen molar-refractivity contribution in [1.29, 1.82) is 0 Å². The van der Waals surface area contributed by atoms with Gasteiger partial charge >= 0.3 is 0 Å². The Hall–Kier alpha value is -8.20. The first kappa shape index (κ1) is 35.7. The third-order valence-corrected chi connectivity index (χ3v) is 12.4. The van der Waals surface area contributed by atoms with Crippen molar-refractivity contribution in [3.8, 4) is 72.4 Å². The lowest BCUT2D eigenvalue weighted by atomic mass is 9.80. The van der Waals surface area contributed by atoms with E-state index >= 15 is 0 Å². The normalized spacial score (nSPS) is 11.5. The van der Waals surface area contributed by atoms with Crippen molar-refractivity contribution in [1.82, 2.24) is 4.57 Å². The minimum atomic E-state index is 0.894. The smallest absolute Gasteiger partial charge is 0.143 e. The first-order valence-corrected chi connectivity index (χ1v) is 21.3. The molecule has 2 heterocycles. The summed E-state index contributed by atoms with van der Waals surface area (Å²) in [6, 6.07) is 85.5. The minimum absolute atomic E-state index is 0.894. The molecule has 0 aliphatic heterocycles. The van der Waals surface area contributed by atoms with Crippen LogP contribution in [0.25, 0.3) is 116 Å². The number of para-hydroxylation sites is 2. The van der Waals surface area contributed by atoms with E-state index in [1.54, 1.807) is 0 Å². The van der Waals surface area contributed by atoms with E-state index in [4.69, 9.17) is 4.42 Å². The zero-order valence-electron chi connectivity index (χ0n) is 33.9. The van der Waals surface area contributed by atoms with Crippen LogP contribution in [-0.2, 0) is 0 Å². The summed E-state index contributed by atoms with van der Waals surface area (Å²) < 4.78 is 9.18. The standard InChI is InChI=1S/C60H39NO/c1-6-19-40(20-7-1)41-33-36-47(37-34-41)61-52-39-46(48-30-18-31-50-49-29-16-17-32-53(49)62-60(48)50)35-38-51(52)58-56(44-25-12-4-13-26-44)54(42-21-8-2-9-22-42)55(43-23-10-3-11-24-43)57(59(58)61)45-27-14-5-15-28-45/h1-39H. The van der Waals surface area contributed by atoms with Gasteiger partial charge in [0, 0.05) is 49.5 Å². The summed E-state index contributed by atoms with van der Waals surface area (Å²) in [5.41, 5.74) is 19.2. The van der Waals surface area contributed by atoms with E-state index in [-0.39, 0.29) is 0 Å². The number of fused-ring (bicyclic) bond motifs is 6. The van der Waals surface area contributed by atoms with Gasteiger partial charge in [-0.05, 0) is 68.8 Å². The minimum Gasteiger partial charge on any atom is -0.455 e. The first-order valence-electron chi connectivity index (χ1n) is 21.3. The predicted molar refractivity (Wildman–Crippen MR) is 261 cm³/mol. The number of aromatic nitrogens is 1. The molecule has 0 aliphatic rings. The summed E-state index contributed by atoms with van der Waals surface area (Å²) in [6.07, 6.45) is 0. The van der Waals surface area contributed by atoms with E-state index in [2.05, 4.69) is 235 Å². The second-order valence-electron chi connectivity index (χ2n) is 15.9. The van der Waals surface area contributed by atoms with Crippen LogP contribution < -0.4 is 0 Å². The summed E-state index contributed by atoms with van der Waals surface area (Å²) >= 11 is 0. The summed E-state index contributed by atoms with van der Waals surface area (Å²) in [6.45, 7) is 0. The highest BCUT2D eigenvalue weighted by atomic mass is 16.3. The Morgan fingerprint density at radius 1 is 0.306 bits per heavy atom. The van der Waals surface area contributed by atoms with Crippen molar-refractivity contribution in [3.63, 3.8) is 0 Å². The Morgan fingerprint density at radius 2 is 0.774 bits per heavy atom. The van der Waals surface area contributed by atoms with Crippen LogP contribution in [0.2, 0.25) is 0 Å². The maximum Gasteiger partial charge on any atom is 0.143 e. The molecule has 290 valence electrons. The van der Waals surface area contributed by atoms with Gasteiger partial charge < -0.3 is 8.98 Å². The van der Waals surface area contributed by atoms with E-state index in [1.165, 1.54) is 55.3 Å². The average Bonchev–Trinajstić information content (AvgIpc) is 3.90. The second-order valence-corrected chi connectivity index (χ2v) is 15.9. The number of nitrogens with zero attached hydrogens (tertiary/aromatic N) is 1. The van der Waals surface area contributed by atoms with Crippen LogP contribution in [-0.4, -0.2) is 4.57 Å². The van der Waals surface area contributed by atoms with Gasteiger partial charge in [-0.25, -0.2) is 0 Å². The molecule has 0 saturated heterocycles. The van der Waals surface area contributed by atoms with Crippen LogP contribution in [0, 0.1) is 0 Å². The summed E-state index contributed by atoms with van der Waals surface area (Å²) in [5.74, 6) is 0. The predicted octanol–water partition coefficient (Wildman–Crippen LogP) is 16.7. The number of furan rings is 1. The molecule has 12 aromatic rings. The molecule has 0 N–H and O–H groups in total. The summed E-state index contributed by atoms with van der Waals surface area (Å²) in [4.78, 5) is 0. The molecule has 2 heteroatoms. The van der Waals surface area contributed by atoms with Crippen LogP contribution in [0.15, 0.2) is 241 Å². The van der Waals surface area contributed by atoms with Gasteiger partial charge in [0.2, 0.25) is 0 Å². The molecular formula is C60H39NO. The van der Waals surface area contributed by atoms with Crippen molar-refractivity contribution in [2.45, 2.75) is 0 Å². The molecule has 0 fully saturated rings. The van der Waals surface area contributed by atoms with Gasteiger partial charge in [-0.2, -0.15) is 0 Å². The van der Waals surface area contributed by atoms with Crippen molar-refractivity contribution < 1.29 is 4.42 Å². The van der Waals surface area contributed by atoms with Crippen LogP contribution in [0.1, 0.15) is 0 Å². The Morgan fingerprint density at radius 3 is 1.39 bits per heavy atom. The van der Waals surface area contributed by atoms with Gasteiger partial charge in [0.15, 0.2) is 0 Å². The molecule has 0 unspecified atom stereocenters. The lowest BCUT2D eigenvalue weighted by Crippen LogP contribution is -2.01. The molecule has 0 spiro atoms. The number of hydrogen-bond acceptors (Lipinski definition) is 1. The summed E-state index contributed by atoms with van der Waals surface area (Å²) in [7, 11) is 0. The third kappa shape index (κ3) is 5.80. The van der Waals surface area contributed by atoms with Gasteiger partial charge in [0.25, 0.3) is 0 Å². The number of rotatable bonds is 7. The molecule has 2 nitrogen and oxygen atoms in total. The second kappa shape index (κ2) is 14.8. The highest BCUT2D eigenvalue weighted by Gasteiger charge is 2.29. The van der Waals surface area contributed by atoms with Crippen molar-refractivity contribution in [2.75, 3.05) is 0 Å². The van der Waals surface area contributed by atoms with Gasteiger partial charge in [-0.3, -0.25) is 0 Å². The van der Waals surface area contributed by atoms with Gasteiger partial charge in [-0.1, -0.05) is 212 Å². The maximum atomic E-state index is 6.66. The highest BCUT2D eigenvalue weighted by Crippen LogP contribution is 2.54. The van der Waals surface area contributed by atoms with Crippen molar-refractivity contribution >= 4 is 43.7 Å². The fraction of sp³-hybridized carbons (Fsp3) is 0. The number of benzene rings is 10. The molecule has 0 radical (unpaired) electrons. The van der Waals surface area contributed by atoms with Gasteiger partial charge in [0.1, 0.15) is 11.2 Å². The van der Waals surface area contributed by atoms with Crippen molar-refractivity contribution in [3.05, 3.63) is 237 Å². The lowest BCUT2D eigenvalue weighted by molar-refractivity contribution is 0.670. The van der Waals surface area contributed by atoms with Crippen LogP contribution in [0.4, 0.5) is 0 Å². The Kier molecular flexibility index (Phi) is 8.53. The van der Waals surface area contributed by atoms with Crippen LogP contribution in [0.5, 0.6) is 0 Å². The van der Waals surface area contributed by atoms with Crippen LogP contribution in [0.3, 0.4) is 0 Å². The third-order valence-electron chi connectivity index (χ3n) is 12.4. The average molecular weight is 790 g/mol. The van der Waals surface area contributed by atoms with Crippen LogP contribution >= 0.6 is 0 Å². The molecular weight excluding hydrogens is 751 g/mol. The fourth-order valence-corrected chi connectivity index (χ4v) is 9.68. The van der Waals surface area contributed by atoms with E-state index < -0.39 is 0 Å². The molecule has 0 bridgehead atoms. The van der Waals surface area contributed by atoms with Crippen molar-refractivity contribution in [2.24, 2.45) is 0 Å². The monoisotopic (exact) mass is 789 g/mol. The SMILES string of the molecule is c1ccc(-c2ccc(-n3c4cc(-c5cccc6c5oc5ccccc56)ccc4c4c(-c5ccccc5)c(-c5ccccc5)c(-c5ccccc5)c(-c5ccccc5)c43)cc2)cc1. The molecule has 2 aromatic heterocycles.